The van der Waals surface area contributed by atoms with Crippen molar-refractivity contribution in [1.29, 1.82) is 0 Å². The van der Waals surface area contributed by atoms with Gasteiger partial charge in [0.25, 0.3) is 0 Å². The third-order valence-corrected chi connectivity index (χ3v) is 3.31. The van der Waals surface area contributed by atoms with Gasteiger partial charge in [-0.1, -0.05) is 24.9 Å². The normalized spacial score (nSPS) is 16.4. The summed E-state index contributed by atoms with van der Waals surface area (Å²) >= 11 is 6.21. The van der Waals surface area contributed by atoms with Gasteiger partial charge in [0.15, 0.2) is 5.82 Å². The summed E-state index contributed by atoms with van der Waals surface area (Å²) in [5, 5.41) is 0.510. The predicted molar refractivity (Wildman–Crippen MR) is 69.7 cm³/mol. The van der Waals surface area contributed by atoms with Crippen LogP contribution in [0, 0.1) is 0 Å². The van der Waals surface area contributed by atoms with Crippen LogP contribution in [0.15, 0.2) is 0 Å². The van der Waals surface area contributed by atoms with Crippen LogP contribution in [0.1, 0.15) is 49.9 Å². The first-order valence-corrected chi connectivity index (χ1v) is 6.88. The predicted octanol–water partition coefficient (Wildman–Crippen LogP) is 3.08. The van der Waals surface area contributed by atoms with Crippen LogP contribution in [-0.2, 0) is 22.5 Å². The third kappa shape index (κ3) is 2.99. The second-order valence-corrected chi connectivity index (χ2v) is 4.69. The van der Waals surface area contributed by atoms with E-state index in [0.29, 0.717) is 30.8 Å². The lowest BCUT2D eigenvalue weighted by atomic mass is 10.1. The fraction of sp³-hybridized carbons (Fsp3) is 0.692. The molecule has 0 saturated heterocycles. The molecule has 2 rings (SSSR count). The van der Waals surface area contributed by atoms with Crippen molar-refractivity contribution in [2.45, 2.75) is 45.8 Å². The molecular weight excluding hydrogens is 252 g/mol. The monoisotopic (exact) mass is 270 g/mol. The SMILES string of the molecule is CCCC(OCC)c1nc(Cl)c2c(n1)CCOC2. The number of nitrogens with zero attached hydrogens (tertiary/aromatic N) is 2. The van der Waals surface area contributed by atoms with Gasteiger partial charge in [-0.3, -0.25) is 0 Å². The summed E-state index contributed by atoms with van der Waals surface area (Å²) in [7, 11) is 0. The van der Waals surface area contributed by atoms with Crippen LogP contribution in [0.2, 0.25) is 5.15 Å². The fourth-order valence-corrected chi connectivity index (χ4v) is 2.36. The molecule has 1 aromatic rings. The quantitative estimate of drug-likeness (QED) is 0.772. The van der Waals surface area contributed by atoms with E-state index in [1.165, 1.54) is 0 Å². The van der Waals surface area contributed by atoms with Crippen LogP contribution >= 0.6 is 11.6 Å². The first-order chi connectivity index (χ1) is 8.76. The van der Waals surface area contributed by atoms with Crippen molar-refractivity contribution in [2.75, 3.05) is 13.2 Å². The summed E-state index contributed by atoms with van der Waals surface area (Å²) in [6.07, 6.45) is 2.70. The van der Waals surface area contributed by atoms with Crippen LogP contribution in [0.4, 0.5) is 0 Å². The van der Waals surface area contributed by atoms with Gasteiger partial charge < -0.3 is 9.47 Å². The lowest BCUT2D eigenvalue weighted by molar-refractivity contribution is 0.0484. The van der Waals surface area contributed by atoms with Crippen molar-refractivity contribution in [3.05, 3.63) is 22.2 Å². The summed E-state index contributed by atoms with van der Waals surface area (Å²) < 4.78 is 11.1. The Labute approximate surface area is 113 Å². The summed E-state index contributed by atoms with van der Waals surface area (Å²) in [4.78, 5) is 8.98. The second kappa shape index (κ2) is 6.45. The van der Waals surface area contributed by atoms with Gasteiger partial charge in [-0.05, 0) is 13.3 Å². The molecule has 18 heavy (non-hydrogen) atoms. The molecule has 0 N–H and O–H groups in total. The van der Waals surface area contributed by atoms with Crippen LogP contribution < -0.4 is 0 Å². The van der Waals surface area contributed by atoms with E-state index in [1.807, 2.05) is 6.92 Å². The van der Waals surface area contributed by atoms with Gasteiger partial charge in [0, 0.05) is 18.6 Å². The smallest absolute Gasteiger partial charge is 0.159 e. The molecule has 100 valence electrons. The molecule has 0 fully saturated rings. The highest BCUT2D eigenvalue weighted by atomic mass is 35.5. The maximum Gasteiger partial charge on any atom is 0.159 e. The Morgan fingerprint density at radius 3 is 2.94 bits per heavy atom. The molecule has 4 nitrogen and oxygen atoms in total. The molecule has 1 aliphatic heterocycles. The zero-order valence-corrected chi connectivity index (χ0v) is 11.7. The fourth-order valence-electron chi connectivity index (χ4n) is 2.10. The molecule has 0 radical (unpaired) electrons. The number of fused-ring (bicyclic) bond motifs is 1. The average molecular weight is 271 g/mol. The van der Waals surface area contributed by atoms with E-state index in [2.05, 4.69) is 16.9 Å². The largest absolute Gasteiger partial charge is 0.376 e. The molecule has 1 aliphatic rings. The first kappa shape index (κ1) is 13.7. The number of hydrogen-bond acceptors (Lipinski definition) is 4. The Balaban J connectivity index is 2.29. The Morgan fingerprint density at radius 2 is 2.22 bits per heavy atom. The third-order valence-electron chi connectivity index (χ3n) is 3.00. The van der Waals surface area contributed by atoms with E-state index in [1.54, 1.807) is 0 Å². The standard InChI is InChI=1S/C13H19ClN2O2/c1-3-5-11(18-4-2)13-15-10-6-7-17-8-9(10)12(14)16-13/h11H,3-8H2,1-2H3. The molecule has 1 aromatic heterocycles. The van der Waals surface area contributed by atoms with Crippen molar-refractivity contribution in [3.63, 3.8) is 0 Å². The van der Waals surface area contributed by atoms with Gasteiger partial charge in [0.1, 0.15) is 11.3 Å². The number of halogens is 1. The van der Waals surface area contributed by atoms with Gasteiger partial charge in [-0.25, -0.2) is 9.97 Å². The molecule has 5 heteroatoms. The molecule has 0 saturated carbocycles. The van der Waals surface area contributed by atoms with E-state index < -0.39 is 0 Å². The van der Waals surface area contributed by atoms with Gasteiger partial charge in [0.2, 0.25) is 0 Å². The van der Waals surface area contributed by atoms with Gasteiger partial charge >= 0.3 is 0 Å². The zero-order valence-electron chi connectivity index (χ0n) is 10.9. The van der Waals surface area contributed by atoms with Gasteiger partial charge in [0.05, 0.1) is 18.9 Å². The van der Waals surface area contributed by atoms with Gasteiger partial charge in [-0.2, -0.15) is 0 Å². The maximum absolute atomic E-state index is 6.21. The minimum absolute atomic E-state index is 0.0503. The summed E-state index contributed by atoms with van der Waals surface area (Å²) in [5.74, 6) is 0.712. The topological polar surface area (TPSA) is 44.2 Å². The molecular formula is C13H19ClN2O2. The molecule has 0 bridgehead atoms. The summed E-state index contributed by atoms with van der Waals surface area (Å²) in [6.45, 7) is 5.98. The maximum atomic E-state index is 6.21. The Hall–Kier alpha value is -0.710. The Morgan fingerprint density at radius 1 is 1.39 bits per heavy atom. The van der Waals surface area contributed by atoms with E-state index in [9.17, 15) is 0 Å². The summed E-state index contributed by atoms with van der Waals surface area (Å²) in [5.41, 5.74) is 1.94. The molecule has 1 unspecified atom stereocenters. The van der Waals surface area contributed by atoms with Crippen molar-refractivity contribution < 1.29 is 9.47 Å². The van der Waals surface area contributed by atoms with Crippen LogP contribution in [0.3, 0.4) is 0 Å². The van der Waals surface area contributed by atoms with E-state index in [-0.39, 0.29) is 6.10 Å². The van der Waals surface area contributed by atoms with E-state index in [0.717, 1.165) is 30.5 Å². The highest BCUT2D eigenvalue weighted by Gasteiger charge is 2.21. The molecule has 0 spiro atoms. The Kier molecular flexibility index (Phi) is 4.92. The van der Waals surface area contributed by atoms with Crippen molar-refractivity contribution in [2.24, 2.45) is 0 Å². The second-order valence-electron chi connectivity index (χ2n) is 4.33. The Bertz CT molecular complexity index is 406. The number of aromatic nitrogens is 2. The summed E-state index contributed by atoms with van der Waals surface area (Å²) in [6, 6.07) is 0. The van der Waals surface area contributed by atoms with Crippen molar-refractivity contribution in [3.8, 4) is 0 Å². The van der Waals surface area contributed by atoms with Crippen LogP contribution in [0.25, 0.3) is 0 Å². The zero-order chi connectivity index (χ0) is 13.0. The minimum atomic E-state index is -0.0503. The van der Waals surface area contributed by atoms with Crippen molar-refractivity contribution >= 4 is 11.6 Å². The lowest BCUT2D eigenvalue weighted by Crippen LogP contribution is -2.17. The lowest BCUT2D eigenvalue weighted by Gasteiger charge is -2.20. The number of hydrogen-bond donors (Lipinski definition) is 0. The van der Waals surface area contributed by atoms with E-state index >= 15 is 0 Å². The highest BCUT2D eigenvalue weighted by molar-refractivity contribution is 6.30. The first-order valence-electron chi connectivity index (χ1n) is 6.50. The molecule has 2 heterocycles. The molecule has 0 aromatic carbocycles. The minimum Gasteiger partial charge on any atom is -0.376 e. The molecule has 0 aliphatic carbocycles. The van der Waals surface area contributed by atoms with Crippen molar-refractivity contribution in [1.82, 2.24) is 9.97 Å². The average Bonchev–Trinajstić information content (AvgIpc) is 2.38. The highest BCUT2D eigenvalue weighted by Crippen LogP contribution is 2.26. The van der Waals surface area contributed by atoms with E-state index in [4.69, 9.17) is 21.1 Å². The number of rotatable bonds is 5. The number of ether oxygens (including phenoxy) is 2. The molecule has 0 amide bonds. The molecule has 1 atom stereocenters. The van der Waals surface area contributed by atoms with Crippen LogP contribution in [-0.4, -0.2) is 23.2 Å². The van der Waals surface area contributed by atoms with Gasteiger partial charge in [-0.15, -0.1) is 0 Å². The van der Waals surface area contributed by atoms with Crippen LogP contribution in [0.5, 0.6) is 0 Å².